The number of hydrogen-bond donors (Lipinski definition) is 2. The quantitative estimate of drug-likeness (QED) is 0.263. The van der Waals surface area contributed by atoms with E-state index in [0.717, 1.165) is 18.7 Å². The summed E-state index contributed by atoms with van der Waals surface area (Å²) in [5.41, 5.74) is 3.43. The van der Waals surface area contributed by atoms with Crippen molar-refractivity contribution < 1.29 is 9.90 Å². The van der Waals surface area contributed by atoms with Crippen LogP contribution in [0.15, 0.2) is 84.2 Å². The van der Waals surface area contributed by atoms with Crippen LogP contribution in [0.5, 0.6) is 0 Å². The van der Waals surface area contributed by atoms with E-state index in [2.05, 4.69) is 37.2 Å². The molecular weight excluding hydrogens is 582 g/mol. The Morgan fingerprint density at radius 1 is 1.11 bits per heavy atom. The van der Waals surface area contributed by atoms with E-state index in [1.807, 2.05) is 53.3 Å². The first kappa shape index (κ1) is 29.1. The fourth-order valence-electron chi connectivity index (χ4n) is 5.84. The van der Waals surface area contributed by atoms with E-state index in [0.29, 0.717) is 51.4 Å². The lowest BCUT2D eigenvalue weighted by molar-refractivity contribution is 0.0774. The molecule has 1 aliphatic heterocycles. The van der Waals surface area contributed by atoms with Gasteiger partial charge in [0.2, 0.25) is 0 Å². The monoisotopic (exact) mass is 613 g/mol. The summed E-state index contributed by atoms with van der Waals surface area (Å²) in [6.07, 6.45) is 6.98. The van der Waals surface area contributed by atoms with Crippen LogP contribution in [0.1, 0.15) is 52.0 Å². The maximum atomic E-state index is 14.3. The predicted octanol–water partition coefficient (Wildman–Crippen LogP) is 2.67. The van der Waals surface area contributed by atoms with Gasteiger partial charge < -0.3 is 10.4 Å². The van der Waals surface area contributed by atoms with E-state index < -0.39 is 6.04 Å². The number of nitrogens with zero attached hydrogens (tertiary/aromatic N) is 8. The summed E-state index contributed by atoms with van der Waals surface area (Å²) in [6, 6.07) is 16.0. The van der Waals surface area contributed by atoms with Crippen molar-refractivity contribution in [2.75, 3.05) is 26.2 Å². The van der Waals surface area contributed by atoms with Gasteiger partial charge in [0, 0.05) is 43.8 Å². The Bertz CT molecular complexity index is 2200. The fraction of sp³-hybridized carbons (Fsp3) is 0.235. The molecule has 6 aromatic rings. The summed E-state index contributed by atoms with van der Waals surface area (Å²) < 4.78 is 5.00. The van der Waals surface area contributed by atoms with Crippen molar-refractivity contribution >= 4 is 22.5 Å². The third kappa shape index (κ3) is 5.32. The smallest absolute Gasteiger partial charge is 0.267 e. The van der Waals surface area contributed by atoms with Gasteiger partial charge in [0.1, 0.15) is 11.4 Å². The fourth-order valence-corrected chi connectivity index (χ4v) is 5.84. The van der Waals surface area contributed by atoms with Crippen LogP contribution in [-0.4, -0.2) is 76.1 Å². The second kappa shape index (κ2) is 12.0. The third-order valence-electron chi connectivity index (χ3n) is 8.14. The minimum atomic E-state index is -0.650. The number of hydrogen-bond acceptors (Lipinski definition) is 8. The number of likely N-dealkylation sites (tertiary alicyclic amines) is 1. The predicted molar refractivity (Wildman–Crippen MR) is 172 cm³/mol. The summed E-state index contributed by atoms with van der Waals surface area (Å²) in [5.74, 6) is 6.35. The number of nitrogens with one attached hydrogen (secondary N) is 1. The molecule has 7 rings (SSSR count). The van der Waals surface area contributed by atoms with Crippen LogP contribution in [0, 0.1) is 18.8 Å². The number of aromatic nitrogens is 7. The third-order valence-corrected chi connectivity index (χ3v) is 8.14. The molecule has 2 aromatic carbocycles. The Morgan fingerprint density at radius 2 is 1.93 bits per heavy atom. The van der Waals surface area contributed by atoms with Crippen molar-refractivity contribution in [3.8, 4) is 17.5 Å². The van der Waals surface area contributed by atoms with E-state index >= 15 is 0 Å². The Kier molecular flexibility index (Phi) is 7.61. The van der Waals surface area contributed by atoms with E-state index in [1.165, 1.54) is 4.57 Å². The van der Waals surface area contributed by atoms with Gasteiger partial charge in [-0.2, -0.15) is 10.2 Å². The van der Waals surface area contributed by atoms with Crippen molar-refractivity contribution in [1.29, 1.82) is 0 Å². The largest absolute Gasteiger partial charge is 0.395 e. The molecule has 230 valence electrons. The molecule has 0 saturated carbocycles. The molecule has 0 bridgehead atoms. The van der Waals surface area contributed by atoms with E-state index in [9.17, 15) is 9.59 Å². The molecule has 5 heterocycles. The SMILES string of the molecule is Cc1nn2cccnc2c1C(=O)N[C@H](C)c1nc2cccc(C#Cc3cnn(C4CN(CCO)C4)c3)c2c(=O)n1-c1ccccc1. The molecule has 12 heteroatoms. The highest BCUT2D eigenvalue weighted by Gasteiger charge is 2.28. The summed E-state index contributed by atoms with van der Waals surface area (Å²) in [5, 5.41) is 21.4. The molecule has 1 aliphatic rings. The Balaban J connectivity index is 1.25. The molecular formula is C34H31N9O3. The molecule has 0 unspecified atom stereocenters. The van der Waals surface area contributed by atoms with Crippen molar-refractivity contribution in [1.82, 2.24) is 44.1 Å². The van der Waals surface area contributed by atoms with Crippen molar-refractivity contribution in [2.45, 2.75) is 25.9 Å². The topological polar surface area (TPSA) is 135 Å². The normalized spacial score (nSPS) is 14.2. The Labute approximate surface area is 264 Å². The van der Waals surface area contributed by atoms with Crippen molar-refractivity contribution in [2.24, 2.45) is 0 Å². The minimum absolute atomic E-state index is 0.143. The zero-order valence-electron chi connectivity index (χ0n) is 25.3. The van der Waals surface area contributed by atoms with E-state index in [-0.39, 0.29) is 24.1 Å². The summed E-state index contributed by atoms with van der Waals surface area (Å²) >= 11 is 0. The lowest BCUT2D eigenvalue weighted by Gasteiger charge is -2.38. The molecule has 12 nitrogen and oxygen atoms in total. The standard InChI is InChI=1S/C34H31N9O3/c1-22-29(32-35-14-7-15-41(32)39-22)33(45)37-23(2)31-38-28-11-6-8-25(30(28)34(46)43(31)26-9-4-3-5-10-26)13-12-24-18-36-42(19-24)27-20-40(21-27)16-17-44/h3-11,14-15,18-19,23,27,44H,16-17,20-21H2,1-2H3,(H,37,45)/t23-/m1/s1. The van der Waals surface area contributed by atoms with Gasteiger partial charge in [-0.15, -0.1) is 0 Å². The van der Waals surface area contributed by atoms with Gasteiger partial charge in [-0.05, 0) is 44.2 Å². The molecule has 1 amide bonds. The van der Waals surface area contributed by atoms with Crippen molar-refractivity contribution in [3.05, 3.63) is 118 Å². The number of β-amino-alcohol motifs (C(OH)–C–C–N with tert-alkyl or cyclic N) is 1. The van der Waals surface area contributed by atoms with E-state index in [4.69, 9.17) is 10.1 Å². The zero-order chi connectivity index (χ0) is 31.8. The highest BCUT2D eigenvalue weighted by Crippen LogP contribution is 2.23. The maximum absolute atomic E-state index is 14.3. The van der Waals surface area contributed by atoms with Gasteiger partial charge in [0.15, 0.2) is 5.65 Å². The number of carbonyl (C=O) groups excluding carboxylic acids is 1. The molecule has 0 radical (unpaired) electrons. The number of carbonyl (C=O) groups is 1. The number of fused-ring (bicyclic) bond motifs is 2. The van der Waals surface area contributed by atoms with Gasteiger partial charge in [-0.1, -0.05) is 36.1 Å². The molecule has 1 saturated heterocycles. The highest BCUT2D eigenvalue weighted by atomic mass is 16.3. The van der Waals surface area contributed by atoms with Crippen LogP contribution in [-0.2, 0) is 0 Å². The van der Waals surface area contributed by atoms with Crippen LogP contribution in [0.2, 0.25) is 0 Å². The Hall–Kier alpha value is -5.64. The summed E-state index contributed by atoms with van der Waals surface area (Å²) in [4.78, 5) is 39.3. The second-order valence-corrected chi connectivity index (χ2v) is 11.3. The number of rotatable bonds is 7. The summed E-state index contributed by atoms with van der Waals surface area (Å²) in [7, 11) is 0. The molecule has 46 heavy (non-hydrogen) atoms. The zero-order valence-corrected chi connectivity index (χ0v) is 25.3. The highest BCUT2D eigenvalue weighted by molar-refractivity contribution is 6.01. The number of amides is 1. The first-order valence-corrected chi connectivity index (χ1v) is 15.0. The maximum Gasteiger partial charge on any atom is 0.267 e. The molecule has 4 aromatic heterocycles. The van der Waals surface area contributed by atoms with Gasteiger partial charge in [0.25, 0.3) is 11.5 Å². The molecule has 1 atom stereocenters. The molecule has 2 N–H and O–H groups in total. The molecule has 1 fully saturated rings. The first-order chi connectivity index (χ1) is 22.4. The first-order valence-electron chi connectivity index (χ1n) is 15.0. The van der Waals surface area contributed by atoms with Gasteiger partial charge in [0.05, 0.1) is 52.7 Å². The lowest BCUT2D eigenvalue weighted by Crippen LogP contribution is -2.48. The van der Waals surface area contributed by atoms with E-state index in [1.54, 1.807) is 49.1 Å². The lowest BCUT2D eigenvalue weighted by atomic mass is 10.1. The second-order valence-electron chi connectivity index (χ2n) is 11.3. The van der Waals surface area contributed by atoms with Crippen LogP contribution < -0.4 is 10.9 Å². The Morgan fingerprint density at radius 3 is 2.74 bits per heavy atom. The number of aryl methyl sites for hydroxylation is 1. The average Bonchev–Trinajstić information content (AvgIpc) is 3.65. The van der Waals surface area contributed by atoms with Crippen LogP contribution in [0.25, 0.3) is 22.2 Å². The van der Waals surface area contributed by atoms with Crippen LogP contribution in [0.4, 0.5) is 0 Å². The molecule has 0 spiro atoms. The molecule has 0 aliphatic carbocycles. The summed E-state index contributed by atoms with van der Waals surface area (Å²) in [6.45, 7) is 6.03. The average molecular weight is 614 g/mol. The van der Waals surface area contributed by atoms with Crippen LogP contribution in [0.3, 0.4) is 0 Å². The number of aliphatic hydroxyl groups excluding tert-OH is 1. The minimum Gasteiger partial charge on any atom is -0.395 e. The van der Waals surface area contributed by atoms with Gasteiger partial charge in [-0.25, -0.2) is 14.5 Å². The van der Waals surface area contributed by atoms with Gasteiger partial charge >= 0.3 is 0 Å². The number of para-hydroxylation sites is 1. The number of benzene rings is 2. The van der Waals surface area contributed by atoms with Gasteiger partial charge in [-0.3, -0.25) is 23.7 Å². The van der Waals surface area contributed by atoms with Crippen LogP contribution >= 0.6 is 0 Å². The number of aliphatic hydroxyl groups is 1. The van der Waals surface area contributed by atoms with Crippen molar-refractivity contribution in [3.63, 3.8) is 0 Å².